The Morgan fingerprint density at radius 2 is 1.68 bits per heavy atom. The number of phenolic OH excluding ortho intramolecular Hbond substituents is 1. The van der Waals surface area contributed by atoms with Gasteiger partial charge in [-0.25, -0.2) is 4.98 Å². The highest BCUT2D eigenvalue weighted by Gasteiger charge is 2.05. The van der Waals surface area contributed by atoms with Crippen LogP contribution in [-0.2, 0) is 0 Å². The third-order valence-corrected chi connectivity index (χ3v) is 2.65. The van der Waals surface area contributed by atoms with E-state index >= 15 is 0 Å². The van der Waals surface area contributed by atoms with E-state index in [0.717, 1.165) is 22.4 Å². The molecule has 0 fully saturated rings. The number of nitrogens with zero attached hydrogens (tertiary/aromatic N) is 1. The van der Waals surface area contributed by atoms with Gasteiger partial charge in [0, 0.05) is 11.3 Å². The van der Waals surface area contributed by atoms with Gasteiger partial charge in [0.15, 0.2) is 0 Å². The zero-order valence-corrected chi connectivity index (χ0v) is 11.3. The molecule has 2 aromatic carbocycles. The minimum absolute atomic E-state index is 0. The van der Waals surface area contributed by atoms with E-state index in [4.69, 9.17) is 5.73 Å². The van der Waals surface area contributed by atoms with Gasteiger partial charge in [-0.2, -0.15) is 0 Å². The number of aromatic nitrogens is 2. The number of hydrogen-bond acceptors (Lipinski definition) is 3. The number of H-pyrrole nitrogens is 1. The number of aromatic amines is 1. The lowest BCUT2D eigenvalue weighted by Gasteiger charge is -1.95. The van der Waals surface area contributed by atoms with Gasteiger partial charge in [-0.3, -0.25) is 0 Å². The van der Waals surface area contributed by atoms with Gasteiger partial charge < -0.3 is 40.6 Å². The van der Waals surface area contributed by atoms with E-state index in [1.165, 1.54) is 0 Å². The Bertz CT molecular complexity index is 680. The van der Waals surface area contributed by atoms with Crippen molar-refractivity contribution in [2.75, 3.05) is 5.73 Å². The number of fused-ring (bicyclic) bond motifs is 1. The third kappa shape index (κ3) is 2.92. The van der Waals surface area contributed by atoms with E-state index < -0.39 is 0 Å². The molecule has 0 bridgehead atoms. The molecular weight excluding hydrogens is 285 g/mol. The van der Waals surface area contributed by atoms with Gasteiger partial charge in [-0.1, -0.05) is 0 Å². The van der Waals surface area contributed by atoms with Crippen LogP contribution in [0.1, 0.15) is 0 Å². The summed E-state index contributed by atoms with van der Waals surface area (Å²) in [5, 5.41) is 9.23. The number of anilines is 1. The summed E-state index contributed by atoms with van der Waals surface area (Å²) >= 11 is 0. The molecule has 0 radical (unpaired) electrons. The van der Waals surface area contributed by atoms with Gasteiger partial charge in [0.1, 0.15) is 11.6 Å². The highest BCUT2D eigenvalue weighted by Crippen LogP contribution is 2.23. The number of phenols is 1. The number of nitrogen functional groups attached to an aromatic ring is 1. The molecule has 0 atom stereocenters. The zero-order valence-electron chi connectivity index (χ0n) is 9.77. The van der Waals surface area contributed by atoms with Crippen molar-refractivity contribution in [3.05, 3.63) is 42.5 Å². The first-order chi connectivity index (χ1) is 8.22. The second-order valence-electron chi connectivity index (χ2n) is 3.91. The van der Waals surface area contributed by atoms with Crippen LogP contribution in [0.4, 0.5) is 5.69 Å². The highest BCUT2D eigenvalue weighted by molar-refractivity contribution is 5.82. The normalized spacial score (nSPS) is 9.68. The zero-order chi connectivity index (χ0) is 11.8. The van der Waals surface area contributed by atoms with Gasteiger partial charge in [0.05, 0.1) is 11.0 Å². The van der Waals surface area contributed by atoms with Crippen molar-refractivity contribution in [3.8, 4) is 17.1 Å². The van der Waals surface area contributed by atoms with Crippen LogP contribution in [0.25, 0.3) is 22.4 Å². The first kappa shape index (κ1) is 15.1. The van der Waals surface area contributed by atoms with Gasteiger partial charge in [-0.05, 0) is 42.5 Å². The molecule has 4 N–H and O–H groups in total. The van der Waals surface area contributed by atoms with Crippen molar-refractivity contribution in [3.63, 3.8) is 0 Å². The first-order valence-electron chi connectivity index (χ1n) is 5.27. The maximum atomic E-state index is 9.23. The SMILES string of the molecule is Nc1ccc2nc(-c3ccc(O)cc3)[nH]c2c1.[Cl-].[Cl-]. The molecule has 1 heterocycles. The summed E-state index contributed by atoms with van der Waals surface area (Å²) in [6.07, 6.45) is 0. The molecule has 0 saturated heterocycles. The van der Waals surface area contributed by atoms with Crippen LogP contribution in [0.5, 0.6) is 5.75 Å². The number of imidazole rings is 1. The lowest BCUT2D eigenvalue weighted by atomic mass is 10.2. The number of halogens is 2. The van der Waals surface area contributed by atoms with Crippen LogP contribution < -0.4 is 30.5 Å². The van der Waals surface area contributed by atoms with Crippen molar-refractivity contribution in [1.82, 2.24) is 9.97 Å². The van der Waals surface area contributed by atoms with E-state index in [-0.39, 0.29) is 30.6 Å². The fourth-order valence-electron chi connectivity index (χ4n) is 1.78. The Morgan fingerprint density at radius 1 is 1.00 bits per heavy atom. The van der Waals surface area contributed by atoms with Crippen LogP contribution in [0.3, 0.4) is 0 Å². The first-order valence-corrected chi connectivity index (χ1v) is 5.27. The molecule has 4 nitrogen and oxygen atoms in total. The Balaban J connectivity index is 0.000000902. The lowest BCUT2D eigenvalue weighted by molar-refractivity contribution is -0.00100. The molecule has 3 rings (SSSR count). The Morgan fingerprint density at radius 3 is 2.37 bits per heavy atom. The molecule has 0 aliphatic heterocycles. The predicted molar refractivity (Wildman–Crippen MR) is 67.6 cm³/mol. The van der Waals surface area contributed by atoms with Crippen LogP contribution in [-0.4, -0.2) is 15.1 Å². The minimum atomic E-state index is 0. The average Bonchev–Trinajstić information content (AvgIpc) is 2.72. The molecule has 3 aromatic rings. The maximum absolute atomic E-state index is 9.23. The summed E-state index contributed by atoms with van der Waals surface area (Å²) in [7, 11) is 0. The molecule has 6 heteroatoms. The summed E-state index contributed by atoms with van der Waals surface area (Å²) in [4.78, 5) is 7.66. The number of hydrogen-bond donors (Lipinski definition) is 3. The van der Waals surface area contributed by atoms with Crippen molar-refractivity contribution in [1.29, 1.82) is 0 Å². The van der Waals surface area contributed by atoms with Crippen LogP contribution in [0.2, 0.25) is 0 Å². The van der Waals surface area contributed by atoms with Crippen molar-refractivity contribution < 1.29 is 29.9 Å². The van der Waals surface area contributed by atoms with Crippen molar-refractivity contribution >= 4 is 16.7 Å². The quantitative estimate of drug-likeness (QED) is 0.408. The molecule has 0 unspecified atom stereocenters. The summed E-state index contributed by atoms with van der Waals surface area (Å²) in [5.41, 5.74) is 9.13. The Kier molecular flexibility index (Phi) is 4.64. The smallest absolute Gasteiger partial charge is 0.138 e. The molecule has 0 aliphatic rings. The fourth-order valence-corrected chi connectivity index (χ4v) is 1.78. The van der Waals surface area contributed by atoms with Gasteiger partial charge in [0.25, 0.3) is 0 Å². The number of rotatable bonds is 1. The van der Waals surface area contributed by atoms with Gasteiger partial charge >= 0.3 is 0 Å². The van der Waals surface area contributed by atoms with Gasteiger partial charge in [-0.15, -0.1) is 0 Å². The number of aromatic hydroxyl groups is 1. The van der Waals surface area contributed by atoms with E-state index in [0.29, 0.717) is 5.69 Å². The van der Waals surface area contributed by atoms with Crippen molar-refractivity contribution in [2.24, 2.45) is 0 Å². The number of nitrogens with two attached hydrogens (primary N) is 1. The fraction of sp³-hybridized carbons (Fsp3) is 0. The predicted octanol–water partition coefficient (Wildman–Crippen LogP) is -3.47. The average molecular weight is 296 g/mol. The minimum Gasteiger partial charge on any atom is -1.00 e. The van der Waals surface area contributed by atoms with Crippen LogP contribution >= 0.6 is 0 Å². The molecule has 1 aromatic heterocycles. The number of nitrogens with one attached hydrogen (secondary N) is 1. The second kappa shape index (κ2) is 5.82. The molecule has 0 spiro atoms. The second-order valence-corrected chi connectivity index (χ2v) is 3.91. The lowest BCUT2D eigenvalue weighted by Crippen LogP contribution is -3.00. The standard InChI is InChI=1S/C13H11N3O.2ClH/c14-9-3-6-11-12(7-9)16-13(15-11)8-1-4-10(17)5-2-8;;/h1-7,17H,14H2,(H,15,16);2*1H/p-2. The highest BCUT2D eigenvalue weighted by atomic mass is 35.5. The summed E-state index contributed by atoms with van der Waals surface area (Å²) in [6.45, 7) is 0. The van der Waals surface area contributed by atoms with E-state index in [1.807, 2.05) is 30.3 Å². The molecular formula is C13H11Cl2N3O-2. The van der Waals surface area contributed by atoms with Crippen LogP contribution in [0, 0.1) is 0 Å². The molecule has 100 valence electrons. The molecule has 0 amide bonds. The van der Waals surface area contributed by atoms with Crippen molar-refractivity contribution in [2.45, 2.75) is 0 Å². The largest absolute Gasteiger partial charge is 1.00 e. The Labute approximate surface area is 122 Å². The molecule has 0 saturated carbocycles. The summed E-state index contributed by atoms with van der Waals surface area (Å²) in [5.74, 6) is 1.01. The van der Waals surface area contributed by atoms with E-state index in [9.17, 15) is 5.11 Å². The number of benzene rings is 2. The topological polar surface area (TPSA) is 74.9 Å². The maximum Gasteiger partial charge on any atom is 0.138 e. The van der Waals surface area contributed by atoms with Gasteiger partial charge in [0.2, 0.25) is 0 Å². The summed E-state index contributed by atoms with van der Waals surface area (Å²) < 4.78 is 0. The van der Waals surface area contributed by atoms with E-state index in [2.05, 4.69) is 9.97 Å². The van der Waals surface area contributed by atoms with Crippen LogP contribution in [0.15, 0.2) is 42.5 Å². The summed E-state index contributed by atoms with van der Waals surface area (Å²) in [6, 6.07) is 12.5. The third-order valence-electron chi connectivity index (χ3n) is 2.65. The molecule has 0 aliphatic carbocycles. The molecule has 19 heavy (non-hydrogen) atoms. The monoisotopic (exact) mass is 295 g/mol. The van der Waals surface area contributed by atoms with E-state index in [1.54, 1.807) is 12.1 Å². The Hall–Kier alpha value is -1.91.